The maximum absolute atomic E-state index is 12.4. The molecule has 0 spiro atoms. The first-order valence-corrected chi connectivity index (χ1v) is 6.84. The Balaban J connectivity index is 1.85. The molecular weight excluding hydrogens is 254 g/mol. The van der Waals surface area contributed by atoms with Crippen molar-refractivity contribution in [2.24, 2.45) is 5.92 Å². The van der Waals surface area contributed by atoms with Crippen LogP contribution in [0.4, 0.5) is 0 Å². The Labute approximate surface area is 117 Å². The van der Waals surface area contributed by atoms with Gasteiger partial charge in [-0.3, -0.25) is 9.78 Å². The van der Waals surface area contributed by atoms with E-state index >= 15 is 0 Å². The number of rotatable bonds is 1. The third-order valence-corrected chi connectivity index (χ3v) is 3.81. The molecule has 0 aliphatic carbocycles. The third kappa shape index (κ3) is 2.36. The van der Waals surface area contributed by atoms with Crippen molar-refractivity contribution in [2.75, 3.05) is 13.1 Å². The number of nitrogens with zero attached hydrogens (tertiary/aromatic N) is 3. The number of fused-ring (bicyclic) bond motifs is 1. The molecule has 1 N–H and O–H groups in total. The van der Waals surface area contributed by atoms with E-state index in [2.05, 4.69) is 9.97 Å². The fourth-order valence-corrected chi connectivity index (χ4v) is 2.54. The van der Waals surface area contributed by atoms with E-state index in [4.69, 9.17) is 0 Å². The van der Waals surface area contributed by atoms with E-state index in [1.54, 1.807) is 4.90 Å². The summed E-state index contributed by atoms with van der Waals surface area (Å²) >= 11 is 0. The number of aliphatic hydroxyl groups is 1. The van der Waals surface area contributed by atoms with Gasteiger partial charge >= 0.3 is 0 Å². The zero-order chi connectivity index (χ0) is 14.1. The Morgan fingerprint density at radius 1 is 1.35 bits per heavy atom. The molecule has 104 valence electrons. The van der Waals surface area contributed by atoms with Gasteiger partial charge in [0.05, 0.1) is 23.3 Å². The summed E-state index contributed by atoms with van der Waals surface area (Å²) in [5.41, 5.74) is 1.88. The molecule has 1 aromatic heterocycles. The van der Waals surface area contributed by atoms with Crippen molar-refractivity contribution < 1.29 is 9.90 Å². The molecule has 2 atom stereocenters. The molecule has 1 aliphatic heterocycles. The Morgan fingerprint density at radius 2 is 2.10 bits per heavy atom. The minimum Gasteiger partial charge on any atom is -0.393 e. The topological polar surface area (TPSA) is 66.3 Å². The average Bonchev–Trinajstić information content (AvgIpc) is 2.49. The van der Waals surface area contributed by atoms with Gasteiger partial charge in [0.2, 0.25) is 0 Å². The standard InChI is InChI=1S/C15H17N3O2/c1-10-9-18(7-6-14(10)19)15(20)13-8-16-11-4-2-3-5-12(11)17-13/h2-5,8,10,14,19H,6-7,9H2,1H3. The second-order valence-corrected chi connectivity index (χ2v) is 5.33. The van der Waals surface area contributed by atoms with Gasteiger partial charge in [-0.2, -0.15) is 0 Å². The monoisotopic (exact) mass is 271 g/mol. The van der Waals surface area contributed by atoms with Crippen LogP contribution in [0.2, 0.25) is 0 Å². The first kappa shape index (κ1) is 13.0. The maximum Gasteiger partial charge on any atom is 0.274 e. The van der Waals surface area contributed by atoms with Crippen LogP contribution in [0, 0.1) is 5.92 Å². The lowest BCUT2D eigenvalue weighted by Gasteiger charge is -2.34. The van der Waals surface area contributed by atoms with Crippen LogP contribution in [0.1, 0.15) is 23.8 Å². The van der Waals surface area contributed by atoms with Crippen molar-refractivity contribution in [3.63, 3.8) is 0 Å². The highest BCUT2D eigenvalue weighted by Gasteiger charge is 2.28. The predicted octanol–water partition coefficient (Wildman–Crippen LogP) is 1.47. The second-order valence-electron chi connectivity index (χ2n) is 5.33. The number of aliphatic hydroxyl groups excluding tert-OH is 1. The summed E-state index contributed by atoms with van der Waals surface area (Å²) in [4.78, 5) is 22.8. The van der Waals surface area contributed by atoms with Gasteiger partial charge < -0.3 is 10.0 Å². The van der Waals surface area contributed by atoms with Gasteiger partial charge in [-0.25, -0.2) is 4.98 Å². The van der Waals surface area contributed by atoms with Gasteiger partial charge in [-0.15, -0.1) is 0 Å². The van der Waals surface area contributed by atoms with Gasteiger partial charge in [0.25, 0.3) is 5.91 Å². The van der Waals surface area contributed by atoms with Crippen LogP contribution >= 0.6 is 0 Å². The zero-order valence-corrected chi connectivity index (χ0v) is 11.4. The van der Waals surface area contributed by atoms with Crippen LogP contribution in [0.15, 0.2) is 30.5 Å². The van der Waals surface area contributed by atoms with Crippen molar-refractivity contribution in [1.29, 1.82) is 0 Å². The van der Waals surface area contributed by atoms with Crippen LogP contribution < -0.4 is 0 Å². The van der Waals surface area contributed by atoms with Gasteiger partial charge in [-0.1, -0.05) is 19.1 Å². The van der Waals surface area contributed by atoms with Crippen LogP contribution in [0.5, 0.6) is 0 Å². The van der Waals surface area contributed by atoms with Crippen LogP contribution in [-0.4, -0.2) is 45.1 Å². The number of carbonyl (C=O) groups is 1. The van der Waals surface area contributed by atoms with E-state index in [1.807, 2.05) is 31.2 Å². The molecule has 1 amide bonds. The number of hydrogen-bond acceptors (Lipinski definition) is 4. The lowest BCUT2D eigenvalue weighted by molar-refractivity contribution is 0.0294. The molecule has 5 nitrogen and oxygen atoms in total. The molecule has 0 saturated carbocycles. The second kappa shape index (κ2) is 5.17. The van der Waals surface area contributed by atoms with E-state index in [0.717, 1.165) is 11.0 Å². The van der Waals surface area contributed by atoms with Crippen molar-refractivity contribution in [3.05, 3.63) is 36.2 Å². The number of piperidine rings is 1. The molecule has 1 saturated heterocycles. The summed E-state index contributed by atoms with van der Waals surface area (Å²) in [6.07, 6.45) is 1.83. The molecule has 5 heteroatoms. The summed E-state index contributed by atoms with van der Waals surface area (Å²) in [5.74, 6) is -0.0110. The summed E-state index contributed by atoms with van der Waals surface area (Å²) in [5, 5.41) is 9.72. The number of para-hydroxylation sites is 2. The summed E-state index contributed by atoms with van der Waals surface area (Å²) in [6, 6.07) is 7.49. The zero-order valence-electron chi connectivity index (χ0n) is 11.4. The largest absolute Gasteiger partial charge is 0.393 e. The lowest BCUT2D eigenvalue weighted by Crippen LogP contribution is -2.45. The average molecular weight is 271 g/mol. The molecular formula is C15H17N3O2. The van der Waals surface area contributed by atoms with Crippen molar-refractivity contribution in [2.45, 2.75) is 19.4 Å². The van der Waals surface area contributed by atoms with Crippen LogP contribution in [0.3, 0.4) is 0 Å². The predicted molar refractivity (Wildman–Crippen MR) is 75.2 cm³/mol. The molecule has 1 aromatic carbocycles. The first-order valence-electron chi connectivity index (χ1n) is 6.84. The van der Waals surface area contributed by atoms with Crippen molar-refractivity contribution >= 4 is 16.9 Å². The highest BCUT2D eigenvalue weighted by Crippen LogP contribution is 2.18. The normalized spacial score (nSPS) is 23.0. The van der Waals surface area contributed by atoms with Gasteiger partial charge in [0, 0.05) is 13.1 Å². The van der Waals surface area contributed by atoms with E-state index in [-0.39, 0.29) is 17.9 Å². The molecule has 1 aliphatic rings. The van der Waals surface area contributed by atoms with E-state index < -0.39 is 0 Å². The molecule has 0 bridgehead atoms. The SMILES string of the molecule is CC1CN(C(=O)c2cnc3ccccc3n2)CCC1O. The first-order chi connectivity index (χ1) is 9.65. The maximum atomic E-state index is 12.4. The molecule has 2 aromatic rings. The highest BCUT2D eigenvalue weighted by molar-refractivity contribution is 5.93. The van der Waals surface area contributed by atoms with Crippen molar-refractivity contribution in [3.8, 4) is 0 Å². The van der Waals surface area contributed by atoms with E-state index in [1.165, 1.54) is 6.20 Å². The number of aromatic nitrogens is 2. The molecule has 3 rings (SSSR count). The van der Waals surface area contributed by atoms with Crippen molar-refractivity contribution in [1.82, 2.24) is 14.9 Å². The van der Waals surface area contributed by atoms with E-state index in [0.29, 0.717) is 25.2 Å². The summed E-state index contributed by atoms with van der Waals surface area (Å²) in [6.45, 7) is 3.09. The van der Waals surface area contributed by atoms with Gasteiger partial charge in [-0.05, 0) is 24.5 Å². The fourth-order valence-electron chi connectivity index (χ4n) is 2.54. The summed E-state index contributed by atoms with van der Waals surface area (Å²) in [7, 11) is 0. The molecule has 1 fully saturated rings. The number of likely N-dealkylation sites (tertiary alicyclic amines) is 1. The van der Waals surface area contributed by atoms with Crippen LogP contribution in [0.25, 0.3) is 11.0 Å². The Hall–Kier alpha value is -2.01. The van der Waals surface area contributed by atoms with E-state index in [9.17, 15) is 9.90 Å². The quantitative estimate of drug-likeness (QED) is 0.853. The molecule has 20 heavy (non-hydrogen) atoms. The fraction of sp³-hybridized carbons (Fsp3) is 0.400. The highest BCUT2D eigenvalue weighted by atomic mass is 16.3. The number of benzene rings is 1. The molecule has 0 radical (unpaired) electrons. The molecule has 2 heterocycles. The smallest absolute Gasteiger partial charge is 0.274 e. The third-order valence-electron chi connectivity index (χ3n) is 3.81. The minimum absolute atomic E-state index is 0.0983. The number of carbonyl (C=O) groups excluding carboxylic acids is 1. The summed E-state index contributed by atoms with van der Waals surface area (Å²) < 4.78 is 0. The van der Waals surface area contributed by atoms with Gasteiger partial charge in [0.1, 0.15) is 5.69 Å². The number of hydrogen-bond donors (Lipinski definition) is 1. The Kier molecular flexibility index (Phi) is 3.36. The van der Waals surface area contributed by atoms with Crippen LogP contribution in [-0.2, 0) is 0 Å². The van der Waals surface area contributed by atoms with Gasteiger partial charge in [0.15, 0.2) is 0 Å². The lowest BCUT2D eigenvalue weighted by atomic mass is 9.96. The minimum atomic E-state index is -0.318. The Morgan fingerprint density at radius 3 is 2.85 bits per heavy atom. The Bertz CT molecular complexity index is 644. The number of amides is 1. The molecule has 2 unspecified atom stereocenters.